The number of aromatic nitrogens is 3. The fourth-order valence-corrected chi connectivity index (χ4v) is 4.43. The summed E-state index contributed by atoms with van der Waals surface area (Å²) in [6, 6.07) is 13.7. The largest absolute Gasteiger partial charge is 0.336 e. The maximum atomic E-state index is 14.1. The molecule has 2 aromatic carbocycles. The molecule has 6 nitrogen and oxygen atoms in total. The molecule has 0 unspecified atom stereocenters. The van der Waals surface area contributed by atoms with Crippen LogP contribution in [0.25, 0.3) is 22.2 Å². The Kier molecular flexibility index (Phi) is 5.83. The summed E-state index contributed by atoms with van der Waals surface area (Å²) in [4.78, 5) is 22.2. The Morgan fingerprint density at radius 3 is 2.53 bits per heavy atom. The number of para-hydroxylation sites is 1. The predicted molar refractivity (Wildman–Crippen MR) is 126 cm³/mol. The molecule has 5 rings (SSSR count). The lowest BCUT2D eigenvalue weighted by Crippen LogP contribution is -2.48. The van der Waals surface area contributed by atoms with Crippen LogP contribution in [0, 0.1) is 18.6 Å². The van der Waals surface area contributed by atoms with E-state index in [1.807, 2.05) is 54.1 Å². The van der Waals surface area contributed by atoms with Crippen LogP contribution >= 0.6 is 0 Å². The van der Waals surface area contributed by atoms with Crippen molar-refractivity contribution in [3.8, 4) is 11.3 Å². The summed E-state index contributed by atoms with van der Waals surface area (Å²) in [6.07, 6.45) is 1.77. The molecule has 0 N–H and O–H groups in total. The molecule has 2 aromatic heterocycles. The molecule has 34 heavy (non-hydrogen) atoms. The van der Waals surface area contributed by atoms with Gasteiger partial charge in [0.25, 0.3) is 5.91 Å². The predicted octanol–water partition coefficient (Wildman–Crippen LogP) is 4.18. The first-order chi connectivity index (χ1) is 16.4. The summed E-state index contributed by atoms with van der Waals surface area (Å²) in [5.41, 5.74) is 4.27. The van der Waals surface area contributed by atoms with Gasteiger partial charge in [-0.2, -0.15) is 5.10 Å². The lowest BCUT2D eigenvalue weighted by molar-refractivity contribution is 0.0628. The lowest BCUT2D eigenvalue weighted by Gasteiger charge is -2.35. The van der Waals surface area contributed by atoms with Crippen LogP contribution in [0.5, 0.6) is 0 Å². The van der Waals surface area contributed by atoms with E-state index >= 15 is 0 Å². The van der Waals surface area contributed by atoms with Crippen molar-refractivity contribution in [3.05, 3.63) is 83.2 Å². The van der Waals surface area contributed by atoms with Gasteiger partial charge in [0.1, 0.15) is 0 Å². The zero-order chi connectivity index (χ0) is 23.8. The highest BCUT2D eigenvalue weighted by Gasteiger charge is 2.25. The van der Waals surface area contributed by atoms with E-state index in [0.717, 1.165) is 28.2 Å². The summed E-state index contributed by atoms with van der Waals surface area (Å²) in [5, 5.41) is 5.12. The van der Waals surface area contributed by atoms with Gasteiger partial charge in [0, 0.05) is 62.0 Å². The number of halogens is 2. The molecule has 1 aliphatic heterocycles. The van der Waals surface area contributed by atoms with Crippen molar-refractivity contribution in [3.63, 3.8) is 0 Å². The van der Waals surface area contributed by atoms with E-state index in [1.54, 1.807) is 16.9 Å². The highest BCUT2D eigenvalue weighted by Crippen LogP contribution is 2.28. The third-order valence-electron chi connectivity index (χ3n) is 6.54. The second-order valence-electron chi connectivity index (χ2n) is 8.62. The molecule has 1 saturated heterocycles. The molecule has 1 amide bonds. The summed E-state index contributed by atoms with van der Waals surface area (Å²) in [7, 11) is 1.88. The number of fused-ring (bicyclic) bond motifs is 1. The molecule has 1 fully saturated rings. The summed E-state index contributed by atoms with van der Waals surface area (Å²) < 4.78 is 29.4. The molecule has 3 heterocycles. The first-order valence-corrected chi connectivity index (χ1v) is 11.3. The third kappa shape index (κ3) is 4.05. The van der Waals surface area contributed by atoms with Crippen molar-refractivity contribution in [1.82, 2.24) is 24.6 Å². The topological polar surface area (TPSA) is 54.3 Å². The Morgan fingerprint density at radius 2 is 1.79 bits per heavy atom. The van der Waals surface area contributed by atoms with Crippen LogP contribution in [0.3, 0.4) is 0 Å². The SMILES string of the molecule is Cc1c(-c2cc(C(=O)N3CCN(Cc4cccc(F)c4F)CC3)c3ccccc3n2)cnn1C. The summed E-state index contributed by atoms with van der Waals surface area (Å²) in [6.45, 7) is 4.47. The Bertz CT molecular complexity index is 1380. The zero-order valence-electron chi connectivity index (χ0n) is 19.1. The van der Waals surface area contributed by atoms with Gasteiger partial charge in [-0.25, -0.2) is 13.8 Å². The Balaban J connectivity index is 1.38. The molecular weight excluding hydrogens is 436 g/mol. The van der Waals surface area contributed by atoms with Crippen molar-refractivity contribution in [1.29, 1.82) is 0 Å². The molecule has 0 radical (unpaired) electrons. The van der Waals surface area contributed by atoms with E-state index < -0.39 is 11.6 Å². The molecule has 0 saturated carbocycles. The maximum Gasteiger partial charge on any atom is 0.254 e. The van der Waals surface area contributed by atoms with Gasteiger partial charge in [-0.3, -0.25) is 14.4 Å². The summed E-state index contributed by atoms with van der Waals surface area (Å²) in [5.74, 6) is -1.70. The normalized spacial score (nSPS) is 14.6. The molecule has 1 aliphatic rings. The van der Waals surface area contributed by atoms with E-state index in [9.17, 15) is 13.6 Å². The second kappa shape index (κ2) is 8.95. The van der Waals surface area contributed by atoms with Crippen LogP contribution in [0.1, 0.15) is 21.6 Å². The zero-order valence-corrected chi connectivity index (χ0v) is 19.1. The molecule has 0 spiro atoms. The number of aryl methyl sites for hydroxylation is 1. The van der Waals surface area contributed by atoms with E-state index in [0.29, 0.717) is 49.5 Å². The summed E-state index contributed by atoms with van der Waals surface area (Å²) >= 11 is 0. The Labute approximate surface area is 196 Å². The van der Waals surface area contributed by atoms with Gasteiger partial charge >= 0.3 is 0 Å². The number of amides is 1. The number of carbonyl (C=O) groups excluding carboxylic acids is 1. The Hall–Kier alpha value is -3.65. The van der Waals surface area contributed by atoms with Gasteiger partial charge in [0.15, 0.2) is 11.6 Å². The van der Waals surface area contributed by atoms with Crippen LogP contribution in [0.15, 0.2) is 54.7 Å². The molecular formula is C26H25F2N5O. The maximum absolute atomic E-state index is 14.1. The van der Waals surface area contributed by atoms with Gasteiger partial charge < -0.3 is 4.90 Å². The average Bonchev–Trinajstić information content (AvgIpc) is 3.19. The number of hydrogen-bond donors (Lipinski definition) is 0. The highest BCUT2D eigenvalue weighted by atomic mass is 19.2. The fraction of sp³-hybridized carbons (Fsp3) is 0.269. The van der Waals surface area contributed by atoms with Crippen molar-refractivity contribution >= 4 is 16.8 Å². The molecule has 4 aromatic rings. The molecule has 174 valence electrons. The molecule has 0 aliphatic carbocycles. The van der Waals surface area contributed by atoms with E-state index in [4.69, 9.17) is 4.98 Å². The highest BCUT2D eigenvalue weighted by molar-refractivity contribution is 6.07. The minimum atomic E-state index is -0.837. The lowest BCUT2D eigenvalue weighted by atomic mass is 10.0. The quantitative estimate of drug-likeness (QED) is 0.458. The van der Waals surface area contributed by atoms with Gasteiger partial charge in [-0.05, 0) is 25.1 Å². The van der Waals surface area contributed by atoms with E-state index in [1.165, 1.54) is 6.07 Å². The number of pyridine rings is 1. The van der Waals surface area contributed by atoms with Gasteiger partial charge in [0.05, 0.1) is 23.0 Å². The molecule has 0 bridgehead atoms. The molecule has 0 atom stereocenters. The van der Waals surface area contributed by atoms with Gasteiger partial charge in [-0.1, -0.05) is 30.3 Å². The molecule has 8 heteroatoms. The first-order valence-electron chi connectivity index (χ1n) is 11.3. The smallest absolute Gasteiger partial charge is 0.254 e. The number of hydrogen-bond acceptors (Lipinski definition) is 4. The number of benzene rings is 2. The number of carbonyl (C=O) groups is 1. The van der Waals surface area contributed by atoms with E-state index in [2.05, 4.69) is 5.10 Å². The Morgan fingerprint density at radius 1 is 1.03 bits per heavy atom. The second-order valence-corrected chi connectivity index (χ2v) is 8.62. The monoisotopic (exact) mass is 461 g/mol. The van der Waals surface area contributed by atoms with Crippen LogP contribution in [-0.2, 0) is 13.6 Å². The first kappa shape index (κ1) is 22.2. The van der Waals surface area contributed by atoms with E-state index in [-0.39, 0.29) is 5.91 Å². The van der Waals surface area contributed by atoms with Crippen LogP contribution < -0.4 is 0 Å². The minimum absolute atomic E-state index is 0.0574. The van der Waals surface area contributed by atoms with Crippen LogP contribution in [-0.4, -0.2) is 56.7 Å². The number of piperazine rings is 1. The fourth-order valence-electron chi connectivity index (χ4n) is 4.43. The van der Waals surface area contributed by atoms with Gasteiger partial charge in [-0.15, -0.1) is 0 Å². The van der Waals surface area contributed by atoms with Crippen molar-refractivity contribution < 1.29 is 13.6 Å². The van der Waals surface area contributed by atoms with Crippen molar-refractivity contribution in [2.24, 2.45) is 7.05 Å². The van der Waals surface area contributed by atoms with Gasteiger partial charge in [0.2, 0.25) is 0 Å². The standard InChI is InChI=1S/C26H25F2N5O/c1-17-21(15-29-31(17)2)24-14-20(19-7-3-4-9-23(19)30-24)26(34)33-12-10-32(11-13-33)16-18-6-5-8-22(27)25(18)28/h3-9,14-15H,10-13,16H2,1-2H3. The van der Waals surface area contributed by atoms with Crippen molar-refractivity contribution in [2.45, 2.75) is 13.5 Å². The minimum Gasteiger partial charge on any atom is -0.336 e. The number of nitrogens with zero attached hydrogens (tertiary/aromatic N) is 5. The average molecular weight is 462 g/mol. The van der Waals surface area contributed by atoms with Crippen LogP contribution in [0.2, 0.25) is 0 Å². The number of rotatable bonds is 4. The third-order valence-corrected chi connectivity index (χ3v) is 6.54. The van der Waals surface area contributed by atoms with Crippen molar-refractivity contribution in [2.75, 3.05) is 26.2 Å². The van der Waals surface area contributed by atoms with Crippen LogP contribution in [0.4, 0.5) is 8.78 Å².